The van der Waals surface area contributed by atoms with Crippen molar-refractivity contribution in [3.63, 3.8) is 0 Å². The van der Waals surface area contributed by atoms with Crippen LogP contribution in [0.15, 0.2) is 0 Å². The van der Waals surface area contributed by atoms with Crippen LogP contribution in [0.1, 0.15) is 53.4 Å². The molecule has 2 aliphatic heterocycles. The maximum atomic E-state index is 13.3. The molecule has 0 aromatic heterocycles. The average molecular weight is 381 g/mol. The number of piperazine rings is 1. The molecule has 0 aromatic carbocycles. The monoisotopic (exact) mass is 380 g/mol. The van der Waals surface area contributed by atoms with Crippen molar-refractivity contribution in [3.8, 4) is 0 Å². The summed E-state index contributed by atoms with van der Waals surface area (Å²) in [6.07, 6.45) is 2.77. The first-order chi connectivity index (χ1) is 12.7. The number of rotatable bonds is 7. The van der Waals surface area contributed by atoms with Gasteiger partial charge in [0.05, 0.1) is 6.04 Å². The SMILES string of the molecule is CC(C)C[C@@H]1NCCN([C@H](C(=O)N2CCC(CC(N)=O)CC2)C(C)C)C1=O. The number of hydrogen-bond donors (Lipinski definition) is 2. The van der Waals surface area contributed by atoms with Crippen molar-refractivity contribution in [1.82, 2.24) is 15.1 Å². The molecular formula is C20H36N4O3. The highest BCUT2D eigenvalue weighted by Crippen LogP contribution is 2.24. The molecule has 2 saturated heterocycles. The number of carbonyl (C=O) groups excluding carboxylic acids is 3. The molecular weight excluding hydrogens is 344 g/mol. The van der Waals surface area contributed by atoms with Crippen molar-refractivity contribution in [2.75, 3.05) is 26.2 Å². The van der Waals surface area contributed by atoms with Gasteiger partial charge in [0.25, 0.3) is 0 Å². The lowest BCUT2D eigenvalue weighted by molar-refractivity contribution is -0.151. The van der Waals surface area contributed by atoms with E-state index < -0.39 is 6.04 Å². The maximum Gasteiger partial charge on any atom is 0.245 e. The average Bonchev–Trinajstić information content (AvgIpc) is 2.57. The van der Waals surface area contributed by atoms with Gasteiger partial charge in [-0.15, -0.1) is 0 Å². The van der Waals surface area contributed by atoms with Crippen molar-refractivity contribution in [1.29, 1.82) is 0 Å². The molecule has 7 nitrogen and oxygen atoms in total. The van der Waals surface area contributed by atoms with Crippen LogP contribution >= 0.6 is 0 Å². The summed E-state index contributed by atoms with van der Waals surface area (Å²) in [6, 6.07) is -0.615. The number of primary amides is 1. The minimum absolute atomic E-state index is 0.0427. The molecule has 3 amide bonds. The van der Waals surface area contributed by atoms with Crippen molar-refractivity contribution in [2.24, 2.45) is 23.5 Å². The Balaban J connectivity index is 2.05. The number of carbonyl (C=O) groups is 3. The predicted octanol–water partition coefficient (Wildman–Crippen LogP) is 0.972. The number of nitrogens with zero attached hydrogens (tertiary/aromatic N) is 2. The van der Waals surface area contributed by atoms with E-state index in [9.17, 15) is 14.4 Å². The number of piperidine rings is 1. The molecule has 2 rings (SSSR count). The summed E-state index contributed by atoms with van der Waals surface area (Å²) in [5, 5.41) is 3.31. The Morgan fingerprint density at radius 1 is 1.15 bits per heavy atom. The van der Waals surface area contributed by atoms with Gasteiger partial charge in [0, 0.05) is 32.6 Å². The van der Waals surface area contributed by atoms with Gasteiger partial charge in [-0.05, 0) is 37.0 Å². The zero-order valence-electron chi connectivity index (χ0n) is 17.2. The van der Waals surface area contributed by atoms with Crippen molar-refractivity contribution in [3.05, 3.63) is 0 Å². The summed E-state index contributed by atoms with van der Waals surface area (Å²) < 4.78 is 0. The van der Waals surface area contributed by atoms with E-state index >= 15 is 0 Å². The molecule has 2 heterocycles. The van der Waals surface area contributed by atoms with Crippen LogP contribution in [0.25, 0.3) is 0 Å². The highest BCUT2D eigenvalue weighted by atomic mass is 16.2. The van der Waals surface area contributed by atoms with Gasteiger partial charge < -0.3 is 20.9 Å². The second-order valence-corrected chi connectivity index (χ2v) is 8.80. The van der Waals surface area contributed by atoms with Crippen LogP contribution in [0.4, 0.5) is 0 Å². The first-order valence-electron chi connectivity index (χ1n) is 10.3. The summed E-state index contributed by atoms with van der Waals surface area (Å²) in [5.41, 5.74) is 5.30. The third kappa shape index (κ3) is 5.67. The van der Waals surface area contributed by atoms with E-state index in [0.29, 0.717) is 32.0 Å². The summed E-state index contributed by atoms with van der Waals surface area (Å²) in [7, 11) is 0. The highest BCUT2D eigenvalue weighted by Gasteiger charge is 2.40. The Morgan fingerprint density at radius 3 is 2.30 bits per heavy atom. The van der Waals surface area contributed by atoms with Gasteiger partial charge in [-0.25, -0.2) is 0 Å². The number of likely N-dealkylation sites (tertiary alicyclic amines) is 1. The summed E-state index contributed by atoms with van der Waals surface area (Å²) >= 11 is 0. The van der Waals surface area contributed by atoms with Gasteiger partial charge in [-0.3, -0.25) is 14.4 Å². The van der Waals surface area contributed by atoms with E-state index in [2.05, 4.69) is 19.2 Å². The number of nitrogens with one attached hydrogen (secondary N) is 1. The van der Waals surface area contributed by atoms with Crippen molar-refractivity contribution >= 4 is 17.7 Å². The Hall–Kier alpha value is -1.63. The standard InChI is InChI=1S/C20H36N4O3/c1-13(2)11-16-19(26)24(10-7-22-16)18(14(3)4)20(27)23-8-5-15(6-9-23)12-17(21)25/h13-16,18,22H,5-12H2,1-4H3,(H2,21,25)/t16-,18-/m0/s1. The molecule has 0 aliphatic carbocycles. The fraction of sp³-hybridized carbons (Fsp3) is 0.850. The molecule has 3 N–H and O–H groups in total. The van der Waals surface area contributed by atoms with Crippen LogP contribution in [0.2, 0.25) is 0 Å². The first kappa shape index (κ1) is 21.7. The molecule has 2 aliphatic rings. The van der Waals surface area contributed by atoms with Gasteiger partial charge >= 0.3 is 0 Å². The molecule has 7 heteroatoms. The van der Waals surface area contributed by atoms with Crippen LogP contribution in [-0.4, -0.2) is 65.8 Å². The lowest BCUT2D eigenvalue weighted by atomic mass is 9.91. The Bertz CT molecular complexity index is 541. The fourth-order valence-corrected chi connectivity index (χ4v) is 4.30. The van der Waals surface area contributed by atoms with Crippen LogP contribution < -0.4 is 11.1 Å². The highest BCUT2D eigenvalue weighted by molar-refractivity contribution is 5.90. The largest absolute Gasteiger partial charge is 0.370 e. The Morgan fingerprint density at radius 2 is 1.78 bits per heavy atom. The lowest BCUT2D eigenvalue weighted by Gasteiger charge is -2.43. The van der Waals surface area contributed by atoms with E-state index in [1.807, 2.05) is 18.7 Å². The van der Waals surface area contributed by atoms with E-state index in [4.69, 9.17) is 5.73 Å². The van der Waals surface area contributed by atoms with Crippen molar-refractivity contribution < 1.29 is 14.4 Å². The molecule has 0 radical (unpaired) electrons. The number of amides is 3. The van der Waals surface area contributed by atoms with E-state index in [1.54, 1.807) is 4.90 Å². The first-order valence-corrected chi connectivity index (χ1v) is 10.3. The molecule has 2 atom stereocenters. The van der Waals surface area contributed by atoms with Crippen LogP contribution in [0.5, 0.6) is 0 Å². The molecule has 0 unspecified atom stereocenters. The second kappa shape index (κ2) is 9.53. The fourth-order valence-electron chi connectivity index (χ4n) is 4.30. The van der Waals surface area contributed by atoms with E-state index in [-0.39, 0.29) is 35.6 Å². The van der Waals surface area contributed by atoms with E-state index in [1.165, 1.54) is 0 Å². The third-order valence-corrected chi connectivity index (χ3v) is 5.67. The summed E-state index contributed by atoms with van der Waals surface area (Å²) in [4.78, 5) is 41.1. The third-order valence-electron chi connectivity index (χ3n) is 5.67. The smallest absolute Gasteiger partial charge is 0.245 e. The molecule has 0 aromatic rings. The molecule has 0 bridgehead atoms. The molecule has 2 fully saturated rings. The van der Waals surface area contributed by atoms with Gasteiger partial charge in [0.1, 0.15) is 6.04 Å². The van der Waals surface area contributed by atoms with Crippen LogP contribution in [-0.2, 0) is 14.4 Å². The quantitative estimate of drug-likeness (QED) is 0.688. The summed E-state index contributed by atoms with van der Waals surface area (Å²) in [5.74, 6) is 0.556. The van der Waals surface area contributed by atoms with E-state index in [0.717, 1.165) is 25.8 Å². The Kier molecular flexibility index (Phi) is 7.65. The Labute approximate surface area is 163 Å². The maximum absolute atomic E-state index is 13.3. The topological polar surface area (TPSA) is 95.7 Å². The van der Waals surface area contributed by atoms with Crippen LogP contribution in [0, 0.1) is 17.8 Å². The van der Waals surface area contributed by atoms with Gasteiger partial charge in [-0.1, -0.05) is 27.7 Å². The molecule has 27 heavy (non-hydrogen) atoms. The zero-order chi connectivity index (χ0) is 20.1. The minimum Gasteiger partial charge on any atom is -0.370 e. The van der Waals surface area contributed by atoms with Crippen molar-refractivity contribution in [2.45, 2.75) is 65.5 Å². The van der Waals surface area contributed by atoms with Gasteiger partial charge in [0.2, 0.25) is 17.7 Å². The lowest BCUT2D eigenvalue weighted by Crippen LogP contribution is -2.63. The van der Waals surface area contributed by atoms with Gasteiger partial charge in [0.15, 0.2) is 0 Å². The molecule has 154 valence electrons. The molecule has 0 saturated carbocycles. The predicted molar refractivity (Wildman–Crippen MR) is 105 cm³/mol. The minimum atomic E-state index is -0.415. The normalized spacial score (nSPS) is 23.2. The van der Waals surface area contributed by atoms with Gasteiger partial charge in [-0.2, -0.15) is 0 Å². The number of nitrogens with two attached hydrogens (primary N) is 1. The second-order valence-electron chi connectivity index (χ2n) is 8.80. The number of hydrogen-bond acceptors (Lipinski definition) is 4. The molecule has 0 spiro atoms. The summed E-state index contributed by atoms with van der Waals surface area (Å²) in [6.45, 7) is 10.8. The van der Waals surface area contributed by atoms with Crippen LogP contribution in [0.3, 0.4) is 0 Å². The zero-order valence-corrected chi connectivity index (χ0v) is 17.2.